The first-order valence-corrected chi connectivity index (χ1v) is 5.10. The summed E-state index contributed by atoms with van der Waals surface area (Å²) in [6, 6.07) is -1.11. The standard InChI is InChI=1S/C9H17NO6/c1-2-5(12)10-4(3-11)6(13)7(14)8(15)9(10)16/h4,6-9,11,13-16H,2-3H2,1H3/t4-,6-,7+,8-,9?/m1/s1. The van der Waals surface area contributed by atoms with Crippen molar-refractivity contribution in [3.8, 4) is 0 Å². The van der Waals surface area contributed by atoms with Gasteiger partial charge >= 0.3 is 0 Å². The van der Waals surface area contributed by atoms with E-state index >= 15 is 0 Å². The van der Waals surface area contributed by atoms with Gasteiger partial charge in [0.15, 0.2) is 6.23 Å². The summed E-state index contributed by atoms with van der Waals surface area (Å²) in [5.74, 6) is -0.517. The Morgan fingerprint density at radius 3 is 2.12 bits per heavy atom. The van der Waals surface area contributed by atoms with Gasteiger partial charge in [0, 0.05) is 6.42 Å². The average Bonchev–Trinajstić information content (AvgIpc) is 2.29. The highest BCUT2D eigenvalue weighted by Crippen LogP contribution is 2.23. The topological polar surface area (TPSA) is 121 Å². The van der Waals surface area contributed by atoms with Crippen LogP contribution in [-0.4, -0.2) is 73.5 Å². The average molecular weight is 235 g/mol. The molecule has 0 saturated carbocycles. The molecule has 1 aliphatic heterocycles. The first-order valence-electron chi connectivity index (χ1n) is 5.10. The molecule has 94 valence electrons. The second-order valence-corrected chi connectivity index (χ2v) is 3.79. The van der Waals surface area contributed by atoms with Crippen LogP contribution in [0.1, 0.15) is 13.3 Å². The van der Waals surface area contributed by atoms with Crippen LogP contribution in [-0.2, 0) is 4.79 Å². The Bertz CT molecular complexity index is 260. The van der Waals surface area contributed by atoms with Crippen LogP contribution in [0.2, 0.25) is 0 Å². The van der Waals surface area contributed by atoms with E-state index in [-0.39, 0.29) is 6.42 Å². The smallest absolute Gasteiger partial charge is 0.224 e. The fourth-order valence-electron chi connectivity index (χ4n) is 1.84. The molecule has 1 unspecified atom stereocenters. The molecule has 1 fully saturated rings. The van der Waals surface area contributed by atoms with Gasteiger partial charge in [-0.05, 0) is 0 Å². The van der Waals surface area contributed by atoms with Gasteiger partial charge in [-0.3, -0.25) is 4.79 Å². The van der Waals surface area contributed by atoms with Crippen LogP contribution in [0.3, 0.4) is 0 Å². The molecule has 0 spiro atoms. The molecule has 0 aromatic heterocycles. The van der Waals surface area contributed by atoms with E-state index in [2.05, 4.69) is 0 Å². The quantitative estimate of drug-likeness (QED) is 0.348. The Morgan fingerprint density at radius 2 is 1.69 bits per heavy atom. The molecule has 7 heteroatoms. The second kappa shape index (κ2) is 5.07. The molecule has 0 aromatic rings. The normalized spacial score (nSPS) is 39.9. The zero-order chi connectivity index (χ0) is 12.5. The number of hydrogen-bond donors (Lipinski definition) is 5. The molecule has 0 bridgehead atoms. The van der Waals surface area contributed by atoms with E-state index in [1.54, 1.807) is 6.92 Å². The Balaban J connectivity index is 2.98. The van der Waals surface area contributed by atoms with Crippen molar-refractivity contribution in [3.05, 3.63) is 0 Å². The lowest BCUT2D eigenvalue weighted by molar-refractivity contribution is -0.222. The van der Waals surface area contributed by atoms with Gasteiger partial charge in [-0.15, -0.1) is 0 Å². The number of nitrogens with zero attached hydrogens (tertiary/aromatic N) is 1. The van der Waals surface area contributed by atoms with E-state index in [0.29, 0.717) is 0 Å². The predicted molar refractivity (Wildman–Crippen MR) is 52.0 cm³/mol. The molecular weight excluding hydrogens is 218 g/mol. The van der Waals surface area contributed by atoms with Gasteiger partial charge in [0.1, 0.15) is 18.3 Å². The Hall–Kier alpha value is -0.730. The minimum Gasteiger partial charge on any atom is -0.394 e. The van der Waals surface area contributed by atoms with Crippen LogP contribution in [0.25, 0.3) is 0 Å². The van der Waals surface area contributed by atoms with E-state index in [0.717, 1.165) is 4.90 Å². The number of aliphatic hydroxyl groups is 5. The summed E-state index contributed by atoms with van der Waals surface area (Å²) in [7, 11) is 0. The Morgan fingerprint density at radius 1 is 1.12 bits per heavy atom. The monoisotopic (exact) mass is 235 g/mol. The summed E-state index contributed by atoms with van der Waals surface area (Å²) in [6.45, 7) is 0.945. The van der Waals surface area contributed by atoms with Crippen molar-refractivity contribution in [1.29, 1.82) is 0 Å². The summed E-state index contributed by atoms with van der Waals surface area (Å²) in [5, 5.41) is 47.0. The highest BCUT2D eigenvalue weighted by atomic mass is 16.4. The fraction of sp³-hybridized carbons (Fsp3) is 0.889. The van der Waals surface area contributed by atoms with Crippen LogP contribution in [0.5, 0.6) is 0 Å². The van der Waals surface area contributed by atoms with E-state index in [1.807, 2.05) is 0 Å². The van der Waals surface area contributed by atoms with Crippen LogP contribution in [0, 0.1) is 0 Å². The number of rotatable bonds is 2. The maximum Gasteiger partial charge on any atom is 0.224 e. The molecule has 1 heterocycles. The lowest BCUT2D eigenvalue weighted by Crippen LogP contribution is -2.68. The van der Waals surface area contributed by atoms with Crippen molar-refractivity contribution < 1.29 is 30.3 Å². The molecule has 5 N–H and O–H groups in total. The van der Waals surface area contributed by atoms with E-state index in [1.165, 1.54) is 0 Å². The molecule has 1 amide bonds. The lowest BCUT2D eigenvalue weighted by atomic mass is 9.92. The van der Waals surface area contributed by atoms with Gasteiger partial charge in [0.2, 0.25) is 5.91 Å². The SMILES string of the molecule is CCC(=O)N1C(O)[C@H](O)[C@@H](O)[C@H](O)[C@H]1CO. The zero-order valence-electron chi connectivity index (χ0n) is 8.89. The van der Waals surface area contributed by atoms with Crippen molar-refractivity contribution >= 4 is 5.91 Å². The highest BCUT2D eigenvalue weighted by molar-refractivity contribution is 5.76. The van der Waals surface area contributed by atoms with Crippen LogP contribution in [0.4, 0.5) is 0 Å². The van der Waals surface area contributed by atoms with Crippen LogP contribution < -0.4 is 0 Å². The Labute approximate surface area is 92.5 Å². The maximum absolute atomic E-state index is 11.5. The Kier molecular flexibility index (Phi) is 4.22. The minimum absolute atomic E-state index is 0.0586. The third-order valence-electron chi connectivity index (χ3n) is 2.82. The first-order chi connectivity index (χ1) is 7.45. The summed E-state index contributed by atoms with van der Waals surface area (Å²) < 4.78 is 0. The molecule has 1 rings (SSSR count). The van der Waals surface area contributed by atoms with Gasteiger partial charge in [-0.2, -0.15) is 0 Å². The molecule has 1 aliphatic rings. The summed E-state index contributed by atoms with van der Waals surface area (Å²) in [6.07, 6.45) is -6.29. The van der Waals surface area contributed by atoms with Crippen LogP contribution >= 0.6 is 0 Å². The second-order valence-electron chi connectivity index (χ2n) is 3.79. The molecule has 7 nitrogen and oxygen atoms in total. The number of aliphatic hydroxyl groups excluding tert-OH is 5. The van der Waals surface area contributed by atoms with Crippen molar-refractivity contribution in [2.45, 2.75) is 43.9 Å². The van der Waals surface area contributed by atoms with E-state index in [9.17, 15) is 25.2 Å². The van der Waals surface area contributed by atoms with Gasteiger partial charge < -0.3 is 30.4 Å². The predicted octanol–water partition coefficient (Wildman–Crippen LogP) is -3.00. The van der Waals surface area contributed by atoms with Gasteiger partial charge in [0.25, 0.3) is 0 Å². The number of piperidine rings is 1. The van der Waals surface area contributed by atoms with Crippen LogP contribution in [0.15, 0.2) is 0 Å². The summed E-state index contributed by atoms with van der Waals surface area (Å²) in [5.41, 5.74) is 0. The third-order valence-corrected chi connectivity index (χ3v) is 2.82. The zero-order valence-corrected chi connectivity index (χ0v) is 8.89. The van der Waals surface area contributed by atoms with Crippen molar-refractivity contribution in [3.63, 3.8) is 0 Å². The molecule has 0 radical (unpaired) electrons. The van der Waals surface area contributed by atoms with E-state index < -0.39 is 43.1 Å². The van der Waals surface area contributed by atoms with Gasteiger partial charge in [-0.25, -0.2) is 0 Å². The number of amides is 1. The number of hydrogen-bond acceptors (Lipinski definition) is 6. The maximum atomic E-state index is 11.5. The van der Waals surface area contributed by atoms with E-state index in [4.69, 9.17) is 5.11 Å². The van der Waals surface area contributed by atoms with Crippen molar-refractivity contribution in [1.82, 2.24) is 4.90 Å². The summed E-state index contributed by atoms with van der Waals surface area (Å²) >= 11 is 0. The molecule has 1 saturated heterocycles. The largest absolute Gasteiger partial charge is 0.394 e. The first kappa shape index (κ1) is 13.3. The number of carbonyl (C=O) groups excluding carboxylic acids is 1. The highest BCUT2D eigenvalue weighted by Gasteiger charge is 2.48. The summed E-state index contributed by atoms with van der Waals surface area (Å²) in [4.78, 5) is 12.3. The lowest BCUT2D eigenvalue weighted by Gasteiger charge is -2.46. The third kappa shape index (κ3) is 2.04. The molecule has 0 aliphatic carbocycles. The van der Waals surface area contributed by atoms with Crippen molar-refractivity contribution in [2.24, 2.45) is 0 Å². The minimum atomic E-state index is -1.65. The molecule has 5 atom stereocenters. The van der Waals surface area contributed by atoms with Crippen molar-refractivity contribution in [2.75, 3.05) is 6.61 Å². The number of carbonyl (C=O) groups is 1. The van der Waals surface area contributed by atoms with Gasteiger partial charge in [-0.1, -0.05) is 6.92 Å². The van der Waals surface area contributed by atoms with Gasteiger partial charge in [0.05, 0.1) is 12.6 Å². The fourth-order valence-corrected chi connectivity index (χ4v) is 1.84. The molecule has 0 aromatic carbocycles. The number of likely N-dealkylation sites (tertiary alicyclic amines) is 1. The molecule has 16 heavy (non-hydrogen) atoms. The molecular formula is C9H17NO6.